The van der Waals surface area contributed by atoms with Gasteiger partial charge in [-0.2, -0.15) is 5.26 Å². The molecule has 0 fully saturated rings. The fraction of sp³-hybridized carbons (Fsp3) is 0.125. The molecular weight excluding hydrogens is 268 g/mol. The Hall–Kier alpha value is -2.84. The SMILES string of the molecule is CC(O)c1ccc(C#N)cc1Oc1ccc(C(N)=O)cc1. The van der Waals surface area contributed by atoms with Crippen molar-refractivity contribution in [3.8, 4) is 17.6 Å². The number of nitrogens with zero attached hydrogens (tertiary/aromatic N) is 1. The highest BCUT2D eigenvalue weighted by Crippen LogP contribution is 2.30. The van der Waals surface area contributed by atoms with Crippen LogP contribution in [0.4, 0.5) is 0 Å². The predicted octanol–water partition coefficient (Wildman–Crippen LogP) is 2.50. The van der Waals surface area contributed by atoms with E-state index in [-0.39, 0.29) is 0 Å². The number of benzene rings is 2. The van der Waals surface area contributed by atoms with Crippen molar-refractivity contribution in [3.63, 3.8) is 0 Å². The summed E-state index contributed by atoms with van der Waals surface area (Å²) in [5.74, 6) is 0.366. The number of ether oxygens (including phenoxy) is 1. The summed E-state index contributed by atoms with van der Waals surface area (Å²) in [5.41, 5.74) is 6.56. The van der Waals surface area contributed by atoms with E-state index in [1.54, 1.807) is 49.4 Å². The summed E-state index contributed by atoms with van der Waals surface area (Å²) in [5, 5.41) is 18.7. The van der Waals surface area contributed by atoms with Crippen molar-refractivity contribution in [3.05, 3.63) is 59.2 Å². The molecule has 0 spiro atoms. The average molecular weight is 282 g/mol. The lowest BCUT2D eigenvalue weighted by Crippen LogP contribution is -2.10. The largest absolute Gasteiger partial charge is 0.457 e. The standard InChI is InChI=1S/C16H14N2O3/c1-10(19)14-7-2-11(9-17)8-15(14)21-13-5-3-12(4-6-13)16(18)20/h2-8,10,19H,1H3,(H2,18,20). The number of aliphatic hydroxyl groups is 1. The van der Waals surface area contributed by atoms with E-state index in [0.717, 1.165) is 0 Å². The highest BCUT2D eigenvalue weighted by Gasteiger charge is 2.11. The lowest BCUT2D eigenvalue weighted by molar-refractivity contribution is 0.100. The second-order valence-electron chi connectivity index (χ2n) is 4.53. The van der Waals surface area contributed by atoms with Gasteiger partial charge in [-0.15, -0.1) is 0 Å². The van der Waals surface area contributed by atoms with Crippen molar-refractivity contribution < 1.29 is 14.6 Å². The Balaban J connectivity index is 2.33. The van der Waals surface area contributed by atoms with Gasteiger partial charge in [0.25, 0.3) is 0 Å². The maximum Gasteiger partial charge on any atom is 0.248 e. The van der Waals surface area contributed by atoms with Gasteiger partial charge in [0.05, 0.1) is 17.7 Å². The van der Waals surface area contributed by atoms with E-state index < -0.39 is 12.0 Å². The number of aliphatic hydroxyl groups excluding tert-OH is 1. The third kappa shape index (κ3) is 3.38. The topological polar surface area (TPSA) is 96.3 Å². The zero-order valence-corrected chi connectivity index (χ0v) is 11.4. The van der Waals surface area contributed by atoms with Crippen LogP contribution < -0.4 is 10.5 Å². The number of carbonyl (C=O) groups is 1. The first-order chi connectivity index (χ1) is 10.0. The molecule has 1 amide bonds. The van der Waals surface area contributed by atoms with Crippen LogP contribution in [0.2, 0.25) is 0 Å². The van der Waals surface area contributed by atoms with Crippen molar-refractivity contribution >= 4 is 5.91 Å². The van der Waals surface area contributed by atoms with Gasteiger partial charge in [0.15, 0.2) is 0 Å². The lowest BCUT2D eigenvalue weighted by atomic mass is 10.1. The van der Waals surface area contributed by atoms with E-state index >= 15 is 0 Å². The number of carbonyl (C=O) groups excluding carboxylic acids is 1. The van der Waals surface area contributed by atoms with Gasteiger partial charge in [-0.25, -0.2) is 0 Å². The molecule has 0 aliphatic rings. The van der Waals surface area contributed by atoms with Gasteiger partial charge >= 0.3 is 0 Å². The number of amides is 1. The molecule has 0 heterocycles. The molecule has 0 aliphatic carbocycles. The third-order valence-corrected chi connectivity index (χ3v) is 2.96. The van der Waals surface area contributed by atoms with Crippen LogP contribution in [-0.2, 0) is 0 Å². The monoisotopic (exact) mass is 282 g/mol. The molecule has 0 radical (unpaired) electrons. The predicted molar refractivity (Wildman–Crippen MR) is 76.8 cm³/mol. The minimum Gasteiger partial charge on any atom is -0.457 e. The van der Waals surface area contributed by atoms with Gasteiger partial charge in [0.1, 0.15) is 11.5 Å². The minimum absolute atomic E-state index is 0.379. The van der Waals surface area contributed by atoms with Gasteiger partial charge in [0.2, 0.25) is 5.91 Å². The third-order valence-electron chi connectivity index (χ3n) is 2.96. The van der Waals surface area contributed by atoms with E-state index in [4.69, 9.17) is 15.7 Å². The van der Waals surface area contributed by atoms with Crippen molar-refractivity contribution in [1.82, 2.24) is 0 Å². The van der Waals surface area contributed by atoms with Crippen LogP contribution in [0.1, 0.15) is 34.5 Å². The summed E-state index contributed by atoms with van der Waals surface area (Å²) in [4.78, 5) is 11.0. The van der Waals surface area contributed by atoms with Gasteiger partial charge in [-0.05, 0) is 43.3 Å². The molecule has 5 heteroatoms. The molecule has 5 nitrogen and oxygen atoms in total. The molecule has 3 N–H and O–H groups in total. The van der Waals surface area contributed by atoms with Crippen molar-refractivity contribution in [2.75, 3.05) is 0 Å². The molecule has 0 saturated carbocycles. The number of nitriles is 1. The fourth-order valence-electron chi connectivity index (χ4n) is 1.85. The molecule has 0 saturated heterocycles. The summed E-state index contributed by atoms with van der Waals surface area (Å²) >= 11 is 0. The van der Waals surface area contributed by atoms with E-state index in [9.17, 15) is 9.90 Å². The van der Waals surface area contributed by atoms with Crippen LogP contribution in [0.3, 0.4) is 0 Å². The zero-order chi connectivity index (χ0) is 15.4. The van der Waals surface area contributed by atoms with Crippen molar-refractivity contribution in [2.45, 2.75) is 13.0 Å². The normalized spacial score (nSPS) is 11.5. The second kappa shape index (κ2) is 6.07. The molecule has 106 valence electrons. The summed E-state index contributed by atoms with van der Waals surface area (Å²) in [7, 11) is 0. The summed E-state index contributed by atoms with van der Waals surface area (Å²) in [6.07, 6.45) is -0.724. The Kier molecular flexibility index (Phi) is 4.21. The Bertz CT molecular complexity index is 700. The van der Waals surface area contributed by atoms with Crippen LogP contribution >= 0.6 is 0 Å². The van der Waals surface area contributed by atoms with E-state index in [2.05, 4.69) is 0 Å². The van der Waals surface area contributed by atoms with E-state index in [1.807, 2.05) is 6.07 Å². The van der Waals surface area contributed by atoms with Gasteiger partial charge in [-0.1, -0.05) is 6.07 Å². The molecule has 0 bridgehead atoms. The van der Waals surface area contributed by atoms with Gasteiger partial charge in [0, 0.05) is 11.1 Å². The maximum absolute atomic E-state index is 11.0. The Morgan fingerprint density at radius 2 is 1.95 bits per heavy atom. The summed E-state index contributed by atoms with van der Waals surface area (Å²) in [6.45, 7) is 1.62. The number of hydrogen-bond donors (Lipinski definition) is 2. The first-order valence-electron chi connectivity index (χ1n) is 6.31. The van der Waals surface area contributed by atoms with Gasteiger partial charge < -0.3 is 15.6 Å². The molecule has 1 unspecified atom stereocenters. The second-order valence-corrected chi connectivity index (χ2v) is 4.53. The first kappa shape index (κ1) is 14.6. The smallest absolute Gasteiger partial charge is 0.248 e. The minimum atomic E-state index is -0.724. The Morgan fingerprint density at radius 1 is 1.29 bits per heavy atom. The molecule has 2 aromatic rings. The van der Waals surface area contributed by atoms with Crippen LogP contribution in [0.5, 0.6) is 11.5 Å². The summed E-state index contributed by atoms with van der Waals surface area (Å²) < 4.78 is 5.68. The molecule has 21 heavy (non-hydrogen) atoms. The molecular formula is C16H14N2O3. The molecule has 2 aromatic carbocycles. The highest BCUT2D eigenvalue weighted by molar-refractivity contribution is 5.92. The molecule has 0 aliphatic heterocycles. The number of hydrogen-bond acceptors (Lipinski definition) is 4. The van der Waals surface area contributed by atoms with Gasteiger partial charge in [-0.3, -0.25) is 4.79 Å². The quantitative estimate of drug-likeness (QED) is 0.900. The number of primary amides is 1. The van der Waals surface area contributed by atoms with E-state index in [0.29, 0.717) is 28.2 Å². The molecule has 0 aromatic heterocycles. The number of rotatable bonds is 4. The van der Waals surface area contributed by atoms with Crippen molar-refractivity contribution in [2.24, 2.45) is 5.73 Å². The van der Waals surface area contributed by atoms with Crippen molar-refractivity contribution in [1.29, 1.82) is 5.26 Å². The first-order valence-corrected chi connectivity index (χ1v) is 6.31. The maximum atomic E-state index is 11.0. The number of nitrogens with two attached hydrogens (primary N) is 1. The Labute approximate surface area is 122 Å². The molecule has 1 atom stereocenters. The van der Waals surface area contributed by atoms with Crippen LogP contribution in [0.15, 0.2) is 42.5 Å². The Morgan fingerprint density at radius 3 is 2.48 bits per heavy atom. The fourth-order valence-corrected chi connectivity index (χ4v) is 1.85. The average Bonchev–Trinajstić information content (AvgIpc) is 2.47. The van der Waals surface area contributed by atoms with Crippen LogP contribution in [-0.4, -0.2) is 11.0 Å². The lowest BCUT2D eigenvalue weighted by Gasteiger charge is -2.13. The highest BCUT2D eigenvalue weighted by atomic mass is 16.5. The van der Waals surface area contributed by atoms with E-state index in [1.165, 1.54) is 0 Å². The van der Waals surface area contributed by atoms with Crippen LogP contribution in [0, 0.1) is 11.3 Å². The zero-order valence-electron chi connectivity index (χ0n) is 11.4. The van der Waals surface area contributed by atoms with Crippen LogP contribution in [0.25, 0.3) is 0 Å². The molecule has 2 rings (SSSR count). The summed E-state index contributed by atoms with van der Waals surface area (Å²) in [6, 6.07) is 13.1.